The molecular formula is C19H18Cl3N5OS. The minimum atomic E-state index is -0.464. The van der Waals surface area contributed by atoms with Crippen molar-refractivity contribution < 1.29 is 4.79 Å². The molecular weight excluding hydrogens is 453 g/mol. The highest BCUT2D eigenvalue weighted by Gasteiger charge is 2.22. The van der Waals surface area contributed by atoms with Gasteiger partial charge in [-0.1, -0.05) is 64.8 Å². The summed E-state index contributed by atoms with van der Waals surface area (Å²) in [6.45, 7) is 3.62. The molecule has 152 valence electrons. The number of nitrogens with one attached hydrogen (secondary N) is 1. The lowest BCUT2D eigenvalue weighted by Gasteiger charge is -2.18. The van der Waals surface area contributed by atoms with Crippen molar-refractivity contribution in [2.45, 2.75) is 30.3 Å². The van der Waals surface area contributed by atoms with Gasteiger partial charge in [-0.25, -0.2) is 4.68 Å². The number of hydrogen-bond acceptors (Lipinski definition) is 5. The molecule has 0 spiro atoms. The largest absolute Gasteiger partial charge is 0.349 e. The minimum Gasteiger partial charge on any atom is -0.349 e. The van der Waals surface area contributed by atoms with Crippen LogP contribution in [-0.2, 0) is 4.79 Å². The molecule has 1 aromatic heterocycles. The molecule has 0 fully saturated rings. The summed E-state index contributed by atoms with van der Waals surface area (Å²) in [4.78, 5) is 12.6. The maximum atomic E-state index is 12.6. The van der Waals surface area contributed by atoms with Crippen molar-refractivity contribution in [1.29, 1.82) is 0 Å². The average molecular weight is 471 g/mol. The molecule has 0 saturated heterocycles. The Morgan fingerprint density at radius 2 is 1.83 bits per heavy atom. The Morgan fingerprint density at radius 3 is 2.52 bits per heavy atom. The van der Waals surface area contributed by atoms with E-state index in [1.165, 1.54) is 16.4 Å². The number of carbonyl (C=O) groups is 1. The number of amides is 1. The second-order valence-corrected chi connectivity index (χ2v) is 8.87. The first-order valence-corrected chi connectivity index (χ1v) is 10.7. The van der Waals surface area contributed by atoms with Gasteiger partial charge in [0.1, 0.15) is 0 Å². The predicted octanol–water partition coefficient (Wildman–Crippen LogP) is 4.98. The highest BCUT2D eigenvalue weighted by molar-refractivity contribution is 8.00. The summed E-state index contributed by atoms with van der Waals surface area (Å²) in [7, 11) is 0. The molecule has 1 heterocycles. The molecule has 29 heavy (non-hydrogen) atoms. The molecule has 0 aliphatic rings. The highest BCUT2D eigenvalue weighted by Crippen LogP contribution is 2.30. The summed E-state index contributed by atoms with van der Waals surface area (Å²) in [5.41, 5.74) is 1.45. The molecule has 3 aromatic rings. The molecule has 3 N–H and O–H groups in total. The van der Waals surface area contributed by atoms with Gasteiger partial charge in [-0.05, 0) is 43.7 Å². The SMILES string of the molecule is CC(Sc1nnc(-c2ccccc2Cl)n1N)C(=O)NC(C)c1ccc(Cl)cc1Cl. The monoisotopic (exact) mass is 469 g/mol. The maximum absolute atomic E-state index is 12.6. The Labute approximate surface area is 187 Å². The standard InChI is InChI=1S/C19H18Cl3N5OS/c1-10(13-8-7-12(20)9-16(13)22)24-18(28)11(2)29-19-26-25-17(27(19)23)14-5-3-4-6-15(14)21/h3-11H,23H2,1-2H3,(H,24,28). The molecule has 0 aliphatic heterocycles. The van der Waals surface area contributed by atoms with Gasteiger partial charge in [-0.15, -0.1) is 10.2 Å². The average Bonchev–Trinajstić information content (AvgIpc) is 3.02. The van der Waals surface area contributed by atoms with Crippen LogP contribution in [0.25, 0.3) is 11.4 Å². The second kappa shape index (κ2) is 9.26. The number of thioether (sulfide) groups is 1. The van der Waals surface area contributed by atoms with Crippen LogP contribution >= 0.6 is 46.6 Å². The van der Waals surface area contributed by atoms with Gasteiger partial charge in [0.25, 0.3) is 0 Å². The number of nitrogen functional groups attached to an aromatic ring is 1. The minimum absolute atomic E-state index is 0.184. The van der Waals surface area contributed by atoms with Crippen molar-refractivity contribution in [2.24, 2.45) is 0 Å². The van der Waals surface area contributed by atoms with Crippen LogP contribution in [-0.4, -0.2) is 26.0 Å². The van der Waals surface area contributed by atoms with Gasteiger partial charge >= 0.3 is 0 Å². The summed E-state index contributed by atoms with van der Waals surface area (Å²) >= 11 is 19.6. The van der Waals surface area contributed by atoms with Gasteiger partial charge in [0, 0.05) is 15.6 Å². The Morgan fingerprint density at radius 1 is 1.10 bits per heavy atom. The van der Waals surface area contributed by atoms with Crippen molar-refractivity contribution >= 4 is 52.5 Å². The molecule has 10 heteroatoms. The number of nitrogens with two attached hydrogens (primary N) is 1. The van der Waals surface area contributed by atoms with Crippen LogP contribution in [0.2, 0.25) is 15.1 Å². The summed E-state index contributed by atoms with van der Waals surface area (Å²) in [6.07, 6.45) is 0. The van der Waals surface area contributed by atoms with Gasteiger partial charge in [0.05, 0.1) is 16.3 Å². The van der Waals surface area contributed by atoms with E-state index in [2.05, 4.69) is 15.5 Å². The topological polar surface area (TPSA) is 85.8 Å². The van der Waals surface area contributed by atoms with Crippen molar-refractivity contribution in [3.8, 4) is 11.4 Å². The van der Waals surface area contributed by atoms with Crippen LogP contribution < -0.4 is 11.2 Å². The Hall–Kier alpha value is -1.93. The van der Waals surface area contributed by atoms with E-state index in [0.29, 0.717) is 31.6 Å². The number of benzene rings is 2. The van der Waals surface area contributed by atoms with E-state index in [4.69, 9.17) is 40.6 Å². The third-order valence-corrected chi connectivity index (χ3v) is 6.17. The number of carbonyl (C=O) groups excluding carboxylic acids is 1. The summed E-state index contributed by atoms with van der Waals surface area (Å²) in [5, 5.41) is 12.6. The molecule has 0 aliphatic carbocycles. The quantitative estimate of drug-likeness (QED) is 0.392. The Kier molecular flexibility index (Phi) is 6.95. The van der Waals surface area contributed by atoms with E-state index in [1.54, 1.807) is 37.3 Å². The Balaban J connectivity index is 1.69. The van der Waals surface area contributed by atoms with E-state index in [1.807, 2.05) is 19.1 Å². The zero-order chi connectivity index (χ0) is 21.1. The van der Waals surface area contributed by atoms with Crippen molar-refractivity contribution in [2.75, 3.05) is 5.84 Å². The van der Waals surface area contributed by atoms with Gasteiger partial charge in [0.15, 0.2) is 5.82 Å². The molecule has 0 saturated carbocycles. The molecule has 0 bridgehead atoms. The zero-order valence-corrected chi connectivity index (χ0v) is 18.6. The van der Waals surface area contributed by atoms with Crippen LogP contribution in [0.4, 0.5) is 0 Å². The summed E-state index contributed by atoms with van der Waals surface area (Å²) < 4.78 is 1.33. The molecule has 3 rings (SSSR count). The molecule has 1 amide bonds. The number of hydrogen-bond donors (Lipinski definition) is 2. The molecule has 2 aromatic carbocycles. The fourth-order valence-electron chi connectivity index (χ4n) is 2.66. The van der Waals surface area contributed by atoms with Gasteiger partial charge in [0.2, 0.25) is 11.1 Å². The van der Waals surface area contributed by atoms with Crippen LogP contribution in [0.3, 0.4) is 0 Å². The van der Waals surface area contributed by atoms with Crippen molar-refractivity contribution in [3.63, 3.8) is 0 Å². The van der Waals surface area contributed by atoms with E-state index in [9.17, 15) is 4.79 Å². The first-order valence-electron chi connectivity index (χ1n) is 8.65. The predicted molar refractivity (Wildman–Crippen MR) is 119 cm³/mol. The zero-order valence-electron chi connectivity index (χ0n) is 15.6. The lowest BCUT2D eigenvalue weighted by Crippen LogP contribution is -2.33. The maximum Gasteiger partial charge on any atom is 0.233 e. The number of halogens is 3. The smallest absolute Gasteiger partial charge is 0.233 e. The van der Waals surface area contributed by atoms with Gasteiger partial charge < -0.3 is 11.2 Å². The summed E-state index contributed by atoms with van der Waals surface area (Å²) in [5.74, 6) is 6.37. The summed E-state index contributed by atoms with van der Waals surface area (Å²) in [6, 6.07) is 12.1. The number of nitrogens with zero attached hydrogens (tertiary/aromatic N) is 3. The first-order chi connectivity index (χ1) is 13.8. The first kappa shape index (κ1) is 21.8. The molecule has 6 nitrogen and oxygen atoms in total. The van der Waals surface area contributed by atoms with Crippen LogP contribution in [0.5, 0.6) is 0 Å². The van der Waals surface area contributed by atoms with E-state index in [-0.39, 0.29) is 11.9 Å². The third kappa shape index (κ3) is 4.98. The fourth-order valence-corrected chi connectivity index (χ4v) is 4.23. The van der Waals surface area contributed by atoms with Crippen molar-refractivity contribution in [3.05, 3.63) is 63.1 Å². The fraction of sp³-hybridized carbons (Fsp3) is 0.211. The normalized spacial score (nSPS) is 13.1. The van der Waals surface area contributed by atoms with Gasteiger partial charge in [-0.2, -0.15) is 0 Å². The van der Waals surface area contributed by atoms with Gasteiger partial charge in [-0.3, -0.25) is 4.79 Å². The molecule has 2 unspecified atom stereocenters. The van der Waals surface area contributed by atoms with E-state index >= 15 is 0 Å². The van der Waals surface area contributed by atoms with E-state index in [0.717, 1.165) is 5.56 Å². The molecule has 0 radical (unpaired) electrons. The second-order valence-electron chi connectivity index (χ2n) is 6.31. The van der Waals surface area contributed by atoms with Crippen LogP contribution in [0.15, 0.2) is 47.6 Å². The number of rotatable bonds is 6. The van der Waals surface area contributed by atoms with Crippen LogP contribution in [0.1, 0.15) is 25.5 Å². The third-order valence-electron chi connectivity index (χ3n) is 4.22. The lowest BCUT2D eigenvalue weighted by molar-refractivity contribution is -0.120. The van der Waals surface area contributed by atoms with E-state index < -0.39 is 5.25 Å². The lowest BCUT2D eigenvalue weighted by atomic mass is 10.1. The van der Waals surface area contributed by atoms with Crippen molar-refractivity contribution in [1.82, 2.24) is 20.2 Å². The Bertz CT molecular complexity index is 1040. The number of aromatic nitrogens is 3. The van der Waals surface area contributed by atoms with Crippen LogP contribution in [0, 0.1) is 0 Å². The molecule has 2 atom stereocenters. The highest BCUT2D eigenvalue weighted by atomic mass is 35.5.